The zero-order chi connectivity index (χ0) is 25.1. The molecular formula is C24H30F2N4O5. The molecule has 35 heavy (non-hydrogen) atoms. The van der Waals surface area contributed by atoms with Crippen LogP contribution in [0.15, 0.2) is 22.6 Å². The zero-order valence-corrected chi connectivity index (χ0v) is 19.8. The van der Waals surface area contributed by atoms with Crippen LogP contribution < -0.4 is 20.5 Å². The fourth-order valence-corrected chi connectivity index (χ4v) is 3.90. The van der Waals surface area contributed by atoms with Crippen LogP contribution in [0, 0.1) is 5.92 Å². The van der Waals surface area contributed by atoms with Crippen LogP contribution in [-0.4, -0.2) is 54.0 Å². The van der Waals surface area contributed by atoms with Crippen molar-refractivity contribution in [2.75, 3.05) is 19.7 Å². The van der Waals surface area contributed by atoms with E-state index in [0.717, 1.165) is 12.8 Å². The van der Waals surface area contributed by atoms with Gasteiger partial charge in [0.2, 0.25) is 11.8 Å². The summed E-state index contributed by atoms with van der Waals surface area (Å²) < 4.78 is 41.9. The molecule has 3 N–H and O–H groups in total. The number of hydrogen-bond donors (Lipinski definition) is 2. The lowest BCUT2D eigenvalue weighted by Gasteiger charge is -2.16. The van der Waals surface area contributed by atoms with Crippen molar-refractivity contribution >= 4 is 11.8 Å². The van der Waals surface area contributed by atoms with E-state index in [4.69, 9.17) is 14.9 Å². The molecule has 11 heteroatoms. The first-order valence-corrected chi connectivity index (χ1v) is 11.8. The van der Waals surface area contributed by atoms with Crippen molar-refractivity contribution in [3.8, 4) is 23.0 Å². The Morgan fingerprint density at radius 1 is 1.29 bits per heavy atom. The molecule has 2 heterocycles. The standard InChI is InChI=1S/C24H30F2N4O5/c1-3-19(31)28-16-8-9-30(11-16)23(32)20-21(13(2)27)35-22(29-20)15-6-7-17(34-24(25)26)18(10-15)33-12-14-4-5-14/h6-7,10,13-14,16,24H,3-5,8-9,11-12,27H2,1-2H3,(H,28,31)/t13?,16-/m1/s1. The van der Waals surface area contributed by atoms with E-state index in [1.54, 1.807) is 18.7 Å². The third kappa shape index (κ3) is 6.08. The van der Waals surface area contributed by atoms with E-state index in [-0.39, 0.29) is 46.7 Å². The fourth-order valence-electron chi connectivity index (χ4n) is 3.90. The van der Waals surface area contributed by atoms with Gasteiger partial charge in [-0.05, 0) is 50.3 Å². The van der Waals surface area contributed by atoms with Crippen molar-refractivity contribution in [2.24, 2.45) is 11.7 Å². The Labute approximate surface area is 201 Å². The maximum atomic E-state index is 13.3. The van der Waals surface area contributed by atoms with E-state index in [9.17, 15) is 18.4 Å². The Morgan fingerprint density at radius 2 is 2.06 bits per heavy atom. The molecule has 0 radical (unpaired) electrons. The maximum absolute atomic E-state index is 13.3. The number of nitrogens with two attached hydrogens (primary N) is 1. The quantitative estimate of drug-likeness (QED) is 0.521. The normalized spacial score (nSPS) is 18.6. The molecule has 1 unspecified atom stereocenters. The van der Waals surface area contributed by atoms with Gasteiger partial charge in [0.15, 0.2) is 23.0 Å². The molecule has 2 aromatic rings. The van der Waals surface area contributed by atoms with Crippen LogP contribution in [-0.2, 0) is 4.79 Å². The van der Waals surface area contributed by atoms with Gasteiger partial charge in [0.25, 0.3) is 5.91 Å². The van der Waals surface area contributed by atoms with Gasteiger partial charge in [0, 0.05) is 31.1 Å². The second-order valence-corrected chi connectivity index (χ2v) is 8.97. The van der Waals surface area contributed by atoms with E-state index < -0.39 is 12.7 Å². The third-order valence-electron chi connectivity index (χ3n) is 6.01. The summed E-state index contributed by atoms with van der Waals surface area (Å²) >= 11 is 0. The molecule has 1 aliphatic heterocycles. The Balaban J connectivity index is 1.57. The van der Waals surface area contributed by atoms with Crippen molar-refractivity contribution < 1.29 is 32.3 Å². The highest BCUT2D eigenvalue weighted by atomic mass is 19.3. The van der Waals surface area contributed by atoms with Crippen LogP contribution >= 0.6 is 0 Å². The summed E-state index contributed by atoms with van der Waals surface area (Å²) in [5.74, 6) is 0.399. The molecule has 2 atom stereocenters. The molecular weight excluding hydrogens is 462 g/mol. The van der Waals surface area contributed by atoms with Crippen molar-refractivity contribution in [3.05, 3.63) is 29.7 Å². The van der Waals surface area contributed by atoms with Gasteiger partial charge in [-0.2, -0.15) is 8.78 Å². The number of benzene rings is 1. The topological polar surface area (TPSA) is 120 Å². The number of amides is 2. The Bertz CT molecular complexity index is 1070. The number of carbonyl (C=O) groups excluding carboxylic acids is 2. The molecule has 2 aliphatic rings. The maximum Gasteiger partial charge on any atom is 0.387 e. The molecule has 0 bridgehead atoms. The summed E-state index contributed by atoms with van der Waals surface area (Å²) in [4.78, 5) is 31.0. The van der Waals surface area contributed by atoms with Gasteiger partial charge in [0.05, 0.1) is 12.6 Å². The lowest BCUT2D eigenvalue weighted by atomic mass is 10.2. The van der Waals surface area contributed by atoms with Crippen LogP contribution in [0.2, 0.25) is 0 Å². The molecule has 1 saturated heterocycles. The minimum absolute atomic E-state index is 0.0664. The monoisotopic (exact) mass is 492 g/mol. The summed E-state index contributed by atoms with van der Waals surface area (Å²) in [6, 6.07) is 3.66. The second-order valence-electron chi connectivity index (χ2n) is 8.97. The number of alkyl halides is 2. The minimum atomic E-state index is -2.99. The van der Waals surface area contributed by atoms with E-state index in [1.807, 2.05) is 0 Å². The molecule has 1 aliphatic carbocycles. The predicted molar refractivity (Wildman–Crippen MR) is 122 cm³/mol. The van der Waals surface area contributed by atoms with Gasteiger partial charge in [0.1, 0.15) is 0 Å². The number of hydrogen-bond acceptors (Lipinski definition) is 7. The summed E-state index contributed by atoms with van der Waals surface area (Å²) in [6.45, 7) is 1.68. The van der Waals surface area contributed by atoms with Crippen LogP contribution in [0.1, 0.15) is 61.8 Å². The van der Waals surface area contributed by atoms with Crippen molar-refractivity contribution in [2.45, 2.75) is 58.2 Å². The highest BCUT2D eigenvalue weighted by Crippen LogP contribution is 2.37. The van der Waals surface area contributed by atoms with Crippen molar-refractivity contribution in [1.82, 2.24) is 15.2 Å². The summed E-state index contributed by atoms with van der Waals surface area (Å²) in [6.07, 6.45) is 3.09. The largest absolute Gasteiger partial charge is 0.489 e. The van der Waals surface area contributed by atoms with E-state index in [1.165, 1.54) is 18.2 Å². The molecule has 0 spiro atoms. The minimum Gasteiger partial charge on any atom is -0.489 e. The lowest BCUT2D eigenvalue weighted by molar-refractivity contribution is -0.121. The van der Waals surface area contributed by atoms with Crippen LogP contribution in [0.25, 0.3) is 11.5 Å². The Hall–Kier alpha value is -3.21. The van der Waals surface area contributed by atoms with Gasteiger partial charge < -0.3 is 29.8 Å². The highest BCUT2D eigenvalue weighted by Gasteiger charge is 2.33. The fraction of sp³-hybridized carbons (Fsp3) is 0.542. The molecule has 2 fully saturated rings. The Morgan fingerprint density at radius 3 is 2.71 bits per heavy atom. The molecule has 1 saturated carbocycles. The number of nitrogens with one attached hydrogen (secondary N) is 1. The zero-order valence-electron chi connectivity index (χ0n) is 19.8. The third-order valence-corrected chi connectivity index (χ3v) is 6.01. The van der Waals surface area contributed by atoms with Crippen LogP contribution in [0.5, 0.6) is 11.5 Å². The molecule has 9 nitrogen and oxygen atoms in total. The first kappa shape index (κ1) is 24.9. The molecule has 190 valence electrons. The van der Waals surface area contributed by atoms with Crippen LogP contribution in [0.3, 0.4) is 0 Å². The number of likely N-dealkylation sites (tertiary alicyclic amines) is 1. The average Bonchev–Trinajstić information content (AvgIpc) is 3.35. The van der Waals surface area contributed by atoms with Crippen molar-refractivity contribution in [3.63, 3.8) is 0 Å². The summed E-state index contributed by atoms with van der Waals surface area (Å²) in [5, 5.41) is 2.90. The molecule has 4 rings (SSSR count). The van der Waals surface area contributed by atoms with Crippen molar-refractivity contribution in [1.29, 1.82) is 0 Å². The van der Waals surface area contributed by atoms with Crippen LogP contribution in [0.4, 0.5) is 8.78 Å². The first-order chi connectivity index (χ1) is 16.7. The number of nitrogens with zero attached hydrogens (tertiary/aromatic N) is 2. The highest BCUT2D eigenvalue weighted by molar-refractivity contribution is 5.94. The number of rotatable bonds is 10. The number of ether oxygens (including phenoxy) is 2. The number of halogens is 2. The number of oxazole rings is 1. The van der Waals surface area contributed by atoms with E-state index in [2.05, 4.69) is 15.0 Å². The molecule has 2 amide bonds. The molecule has 1 aromatic carbocycles. The predicted octanol–water partition coefficient (Wildman–Crippen LogP) is 3.49. The van der Waals surface area contributed by atoms with Gasteiger partial charge in [-0.1, -0.05) is 6.92 Å². The summed E-state index contributed by atoms with van der Waals surface area (Å²) in [7, 11) is 0. The van der Waals surface area contributed by atoms with Gasteiger partial charge in [-0.3, -0.25) is 9.59 Å². The SMILES string of the molecule is CCC(=O)N[C@@H]1CCN(C(=O)c2nc(-c3ccc(OC(F)F)c(OCC4CC4)c3)oc2C(C)N)C1. The average molecular weight is 493 g/mol. The second kappa shape index (κ2) is 10.6. The van der Waals surface area contributed by atoms with Gasteiger partial charge in [-0.25, -0.2) is 4.98 Å². The van der Waals surface area contributed by atoms with E-state index in [0.29, 0.717) is 44.0 Å². The Kier molecular flexibility index (Phi) is 7.54. The smallest absolute Gasteiger partial charge is 0.387 e. The van der Waals surface area contributed by atoms with Gasteiger partial charge >= 0.3 is 6.61 Å². The molecule has 1 aromatic heterocycles. The summed E-state index contributed by atoms with van der Waals surface area (Å²) in [5.41, 5.74) is 6.59. The van der Waals surface area contributed by atoms with Gasteiger partial charge in [-0.15, -0.1) is 0 Å². The van der Waals surface area contributed by atoms with E-state index >= 15 is 0 Å². The lowest BCUT2D eigenvalue weighted by Crippen LogP contribution is -2.38. The number of aromatic nitrogens is 1. The first-order valence-electron chi connectivity index (χ1n) is 11.8. The number of carbonyl (C=O) groups is 2.